The molecule has 0 saturated heterocycles. The van der Waals surface area contributed by atoms with E-state index in [0.717, 1.165) is 23.8 Å². The van der Waals surface area contributed by atoms with Gasteiger partial charge < -0.3 is 10.6 Å². The van der Waals surface area contributed by atoms with Crippen molar-refractivity contribution in [3.63, 3.8) is 0 Å². The Kier molecular flexibility index (Phi) is 9.50. The number of rotatable bonds is 7. The predicted molar refractivity (Wildman–Crippen MR) is 119 cm³/mol. The Bertz CT molecular complexity index is 858. The van der Waals surface area contributed by atoms with Crippen molar-refractivity contribution in [2.24, 2.45) is 4.99 Å². The van der Waals surface area contributed by atoms with Gasteiger partial charge in [0.2, 0.25) is 10.0 Å². The van der Waals surface area contributed by atoms with Crippen molar-refractivity contribution < 1.29 is 12.8 Å². The van der Waals surface area contributed by atoms with E-state index in [1.165, 1.54) is 12.1 Å². The van der Waals surface area contributed by atoms with Crippen molar-refractivity contribution in [2.45, 2.75) is 13.0 Å². The fourth-order valence-electron chi connectivity index (χ4n) is 2.35. The second-order valence-electron chi connectivity index (χ2n) is 5.76. The molecule has 9 heteroatoms. The normalized spacial score (nSPS) is 11.4. The zero-order chi connectivity index (χ0) is 19.0. The molecule has 27 heavy (non-hydrogen) atoms. The molecule has 6 nitrogen and oxygen atoms in total. The summed E-state index contributed by atoms with van der Waals surface area (Å²) in [7, 11) is -1.68. The average Bonchev–Trinajstić information content (AvgIpc) is 2.59. The Balaban J connectivity index is 0.00000364. The Hall–Kier alpha value is -1.88. The topological polar surface area (TPSA) is 82.6 Å². The van der Waals surface area contributed by atoms with E-state index in [-0.39, 0.29) is 29.8 Å². The van der Waals surface area contributed by atoms with E-state index in [1.54, 1.807) is 31.3 Å². The predicted octanol–water partition coefficient (Wildman–Crippen LogP) is 2.72. The SMILES string of the molecule is CN=C(NCCc1ccc(F)cc1)NCc1ccccc1NS(C)(=O)=O.I. The third kappa shape index (κ3) is 8.57. The maximum atomic E-state index is 12.9. The minimum Gasteiger partial charge on any atom is -0.356 e. The van der Waals surface area contributed by atoms with Crippen LogP contribution in [0.1, 0.15) is 11.1 Å². The number of anilines is 1. The van der Waals surface area contributed by atoms with Crippen LogP contribution in [0.4, 0.5) is 10.1 Å². The fraction of sp³-hybridized carbons (Fsp3) is 0.278. The zero-order valence-corrected chi connectivity index (χ0v) is 18.3. The number of benzene rings is 2. The summed E-state index contributed by atoms with van der Waals surface area (Å²) in [6.45, 7) is 1.05. The standard InChI is InChI=1S/C18H23FN4O2S.HI/c1-20-18(21-12-11-14-7-9-16(19)10-8-14)22-13-15-5-3-4-6-17(15)23-26(2,24)25;/h3-10,23H,11-13H2,1-2H3,(H2,20,21,22);1H. The highest BCUT2D eigenvalue weighted by atomic mass is 127. The van der Waals surface area contributed by atoms with E-state index in [9.17, 15) is 12.8 Å². The maximum absolute atomic E-state index is 12.9. The van der Waals surface area contributed by atoms with Crippen molar-refractivity contribution in [2.75, 3.05) is 24.6 Å². The lowest BCUT2D eigenvalue weighted by molar-refractivity contribution is 0.606. The molecule has 0 heterocycles. The summed E-state index contributed by atoms with van der Waals surface area (Å²) in [6.07, 6.45) is 1.85. The van der Waals surface area contributed by atoms with Crippen molar-refractivity contribution in [1.82, 2.24) is 10.6 Å². The van der Waals surface area contributed by atoms with Crippen molar-refractivity contribution in [3.8, 4) is 0 Å². The number of halogens is 2. The summed E-state index contributed by atoms with van der Waals surface area (Å²) in [4.78, 5) is 4.15. The Morgan fingerprint density at radius 1 is 1.07 bits per heavy atom. The Labute approximate surface area is 176 Å². The van der Waals surface area contributed by atoms with E-state index in [1.807, 2.05) is 12.1 Å². The van der Waals surface area contributed by atoms with Gasteiger partial charge in [-0.25, -0.2) is 12.8 Å². The molecule has 0 aromatic heterocycles. The third-order valence-electron chi connectivity index (χ3n) is 3.60. The van der Waals surface area contributed by atoms with Crippen LogP contribution in [-0.4, -0.2) is 34.2 Å². The van der Waals surface area contributed by atoms with E-state index in [2.05, 4.69) is 20.3 Å². The van der Waals surface area contributed by atoms with E-state index < -0.39 is 10.0 Å². The lowest BCUT2D eigenvalue weighted by atomic mass is 10.1. The van der Waals surface area contributed by atoms with Crippen molar-refractivity contribution in [3.05, 3.63) is 65.5 Å². The molecule has 148 valence electrons. The number of para-hydroxylation sites is 1. The van der Waals surface area contributed by atoms with Crippen LogP contribution in [0.25, 0.3) is 0 Å². The molecular weight excluding hydrogens is 482 g/mol. The Morgan fingerprint density at radius 3 is 2.37 bits per heavy atom. The van der Waals surface area contributed by atoms with E-state index >= 15 is 0 Å². The first-order valence-corrected chi connectivity index (χ1v) is 10.0. The number of aliphatic imine (C=N–C) groups is 1. The van der Waals surface area contributed by atoms with Gasteiger partial charge in [0.25, 0.3) is 0 Å². The minimum absolute atomic E-state index is 0. The molecule has 0 fully saturated rings. The molecule has 0 radical (unpaired) electrons. The first-order chi connectivity index (χ1) is 12.4. The first kappa shape index (κ1) is 23.2. The van der Waals surface area contributed by atoms with Gasteiger partial charge in [-0.3, -0.25) is 9.71 Å². The number of nitrogens with one attached hydrogen (secondary N) is 3. The third-order valence-corrected chi connectivity index (χ3v) is 4.19. The molecule has 0 spiro atoms. The number of hydrogen-bond acceptors (Lipinski definition) is 3. The second kappa shape index (κ2) is 11.1. The molecule has 2 rings (SSSR count). The lowest BCUT2D eigenvalue weighted by Crippen LogP contribution is -2.38. The van der Waals surface area contributed by atoms with Gasteiger partial charge in [-0.1, -0.05) is 30.3 Å². The molecular formula is C18H24FIN4O2S. The summed E-state index contributed by atoms with van der Waals surface area (Å²) < 4.78 is 38.3. The van der Waals surface area contributed by atoms with Crippen LogP contribution in [0.2, 0.25) is 0 Å². The molecule has 0 amide bonds. The molecule has 3 N–H and O–H groups in total. The largest absolute Gasteiger partial charge is 0.356 e. The van der Waals surface area contributed by atoms with Crippen LogP contribution >= 0.6 is 24.0 Å². The highest BCUT2D eigenvalue weighted by Crippen LogP contribution is 2.15. The summed E-state index contributed by atoms with van der Waals surface area (Å²) >= 11 is 0. The molecule has 0 aliphatic carbocycles. The van der Waals surface area contributed by atoms with Crippen molar-refractivity contribution in [1.29, 1.82) is 0 Å². The minimum atomic E-state index is -3.34. The number of hydrogen-bond donors (Lipinski definition) is 3. The molecule has 0 unspecified atom stereocenters. The maximum Gasteiger partial charge on any atom is 0.229 e. The molecule has 0 bridgehead atoms. The van der Waals surface area contributed by atoms with Crippen LogP contribution in [-0.2, 0) is 23.0 Å². The van der Waals surface area contributed by atoms with Crippen LogP contribution in [0.5, 0.6) is 0 Å². The lowest BCUT2D eigenvalue weighted by Gasteiger charge is -2.14. The average molecular weight is 506 g/mol. The number of nitrogens with zero attached hydrogens (tertiary/aromatic N) is 1. The molecule has 0 saturated carbocycles. The molecule has 0 aliphatic heterocycles. The summed E-state index contributed by atoms with van der Waals surface area (Å²) in [6, 6.07) is 13.5. The Morgan fingerprint density at radius 2 is 1.74 bits per heavy atom. The van der Waals surface area contributed by atoms with Crippen LogP contribution in [0, 0.1) is 5.82 Å². The van der Waals surface area contributed by atoms with Gasteiger partial charge >= 0.3 is 0 Å². The smallest absolute Gasteiger partial charge is 0.229 e. The van der Waals surface area contributed by atoms with Crippen molar-refractivity contribution >= 4 is 45.6 Å². The van der Waals surface area contributed by atoms with Crippen LogP contribution in [0.15, 0.2) is 53.5 Å². The first-order valence-electron chi connectivity index (χ1n) is 8.12. The number of guanidine groups is 1. The summed E-state index contributed by atoms with van der Waals surface area (Å²) in [5.74, 6) is 0.349. The molecule has 0 atom stereocenters. The van der Waals surface area contributed by atoms with Gasteiger partial charge in [-0.05, 0) is 35.7 Å². The van der Waals surface area contributed by atoms with Gasteiger partial charge in [0, 0.05) is 20.1 Å². The highest BCUT2D eigenvalue weighted by Gasteiger charge is 2.07. The van der Waals surface area contributed by atoms with Gasteiger partial charge in [0.05, 0.1) is 11.9 Å². The summed E-state index contributed by atoms with van der Waals surface area (Å²) in [5.41, 5.74) is 2.36. The summed E-state index contributed by atoms with van der Waals surface area (Å²) in [5, 5.41) is 6.33. The zero-order valence-electron chi connectivity index (χ0n) is 15.2. The molecule has 2 aromatic carbocycles. The van der Waals surface area contributed by atoms with Gasteiger partial charge in [0.15, 0.2) is 5.96 Å². The number of sulfonamides is 1. The van der Waals surface area contributed by atoms with Crippen LogP contribution < -0.4 is 15.4 Å². The van der Waals surface area contributed by atoms with E-state index in [0.29, 0.717) is 24.7 Å². The highest BCUT2D eigenvalue weighted by molar-refractivity contribution is 14.0. The molecule has 0 aliphatic rings. The van der Waals surface area contributed by atoms with E-state index in [4.69, 9.17) is 0 Å². The van der Waals surface area contributed by atoms with Crippen LogP contribution in [0.3, 0.4) is 0 Å². The monoisotopic (exact) mass is 506 g/mol. The molecule has 2 aromatic rings. The van der Waals surface area contributed by atoms with Gasteiger partial charge in [-0.2, -0.15) is 0 Å². The fourth-order valence-corrected chi connectivity index (χ4v) is 2.95. The van der Waals surface area contributed by atoms with Gasteiger partial charge in [0.1, 0.15) is 5.82 Å². The quantitative estimate of drug-likeness (QED) is 0.307. The van der Waals surface area contributed by atoms with Gasteiger partial charge in [-0.15, -0.1) is 24.0 Å². The second-order valence-corrected chi connectivity index (χ2v) is 7.51.